The molecule has 1 aliphatic carbocycles. The Kier molecular flexibility index (Phi) is 21.5. The Labute approximate surface area is 381 Å². The first-order valence-corrected chi connectivity index (χ1v) is 33.4. The van der Waals surface area contributed by atoms with E-state index in [-0.39, 0.29) is 0 Å². The van der Waals surface area contributed by atoms with E-state index in [4.69, 9.17) is 0 Å². The summed E-state index contributed by atoms with van der Waals surface area (Å²) in [6.07, 6.45) is 22.8. The van der Waals surface area contributed by atoms with Crippen LogP contribution < -0.4 is 31.6 Å². The molecule has 0 aliphatic heterocycles. The molecule has 0 aromatic heterocycles. The molecule has 334 valence electrons. The van der Waals surface area contributed by atoms with E-state index in [2.05, 4.69) is 157 Å². The Bertz CT molecular complexity index is 1690. The molecule has 5 heteroatoms. The van der Waals surface area contributed by atoms with E-state index in [1.807, 2.05) is 0 Å². The Hall–Kier alpha value is -1.87. The number of aryl methyl sites for hydroxylation is 2. The third-order valence-corrected chi connectivity index (χ3v) is 31.4. The van der Waals surface area contributed by atoms with Crippen molar-refractivity contribution < 1.29 is 0 Å². The van der Waals surface area contributed by atoms with Crippen LogP contribution in [-0.4, -0.2) is 26.6 Å². The lowest BCUT2D eigenvalue weighted by Crippen LogP contribution is -2.50. The van der Waals surface area contributed by atoms with Crippen molar-refractivity contribution in [2.45, 2.75) is 207 Å². The summed E-state index contributed by atoms with van der Waals surface area (Å²) in [6.45, 7) is 19.3. The lowest BCUT2D eigenvalue weighted by atomic mass is 9.96. The maximum absolute atomic E-state index is 3.26. The third kappa shape index (κ3) is 13.1. The number of nitrogens with zero attached hydrogens (tertiary/aromatic N) is 1. The van der Waals surface area contributed by atoms with E-state index in [0.717, 1.165) is 0 Å². The summed E-state index contributed by atoms with van der Waals surface area (Å²) in [5, 5.41) is 9.95. The van der Waals surface area contributed by atoms with Crippen LogP contribution in [0.2, 0.25) is 36.3 Å². The second-order valence-electron chi connectivity index (χ2n) is 19.1. The predicted molar refractivity (Wildman–Crippen MR) is 285 cm³/mol. The molecule has 4 aromatic rings. The van der Waals surface area contributed by atoms with Gasteiger partial charge in [-0.2, -0.15) is 0 Å². The smallest absolute Gasteiger partial charge is 0.0867 e. The van der Waals surface area contributed by atoms with Gasteiger partial charge in [-0.3, -0.25) is 0 Å². The van der Waals surface area contributed by atoms with E-state index < -0.39 is 32.3 Å². The number of hydrogen-bond acceptors (Lipinski definition) is 1. The van der Waals surface area contributed by atoms with Crippen molar-refractivity contribution >= 4 is 63.9 Å². The zero-order valence-corrected chi connectivity index (χ0v) is 44.2. The van der Waals surface area contributed by atoms with Gasteiger partial charge in [0.15, 0.2) is 0 Å². The van der Waals surface area contributed by atoms with Crippen LogP contribution in [0.15, 0.2) is 97.1 Å². The molecule has 5 rings (SSSR count). The van der Waals surface area contributed by atoms with Crippen molar-refractivity contribution in [3.05, 3.63) is 108 Å². The van der Waals surface area contributed by atoms with E-state index in [0.29, 0.717) is 6.04 Å². The minimum Gasteiger partial charge on any atom is -0.242 e. The summed E-state index contributed by atoms with van der Waals surface area (Å²) in [7, 11) is -5.14. The highest BCUT2D eigenvalue weighted by molar-refractivity contribution is 7.84. The molecule has 1 nitrogen and oxygen atoms in total. The number of unbranched alkanes of at least 4 members (excludes halogenated alkanes) is 6. The van der Waals surface area contributed by atoms with Gasteiger partial charge in [-0.05, 0) is 59.0 Å². The monoisotopic (exact) mass is 892 g/mol. The highest BCUT2D eigenvalue weighted by atomic mass is 31.2. The van der Waals surface area contributed by atoms with Crippen molar-refractivity contribution in [2.24, 2.45) is 0 Å². The fraction of sp³-hybridized carbons (Fsp3) is 0.571. The van der Waals surface area contributed by atoms with E-state index in [9.17, 15) is 0 Å². The van der Waals surface area contributed by atoms with Gasteiger partial charge in [0.1, 0.15) is 0 Å². The molecule has 1 fully saturated rings. The summed E-state index contributed by atoms with van der Waals surface area (Å²) < 4.78 is 3.26. The molecule has 0 amide bonds. The van der Waals surface area contributed by atoms with Gasteiger partial charge in [0.05, 0.1) is 16.1 Å². The molecule has 1 aliphatic rings. The van der Waals surface area contributed by atoms with E-state index >= 15 is 0 Å². The second kappa shape index (κ2) is 26.2. The average Bonchev–Trinajstić information content (AvgIpc) is 3.30. The Morgan fingerprint density at radius 2 is 0.803 bits per heavy atom. The standard InChI is InChI=1S/C56H87NP2Si2/c1-9-15-40-60(41-16-10-2,42-17-11-3)53-36-28-34-51(46-53)58(52-35-29-37-54(47-52)61(43-18-12-4,44-19-13-5)45-20-14-6)57(50-32-22-21-23-33-50)59(55-38-26-24-30-48(55)7)56-39-27-25-31-49(56)8/h24-31,34-39,46-47,50H,9-23,32-33,40-45H2,1-8H3. The van der Waals surface area contributed by atoms with Gasteiger partial charge >= 0.3 is 0 Å². The van der Waals surface area contributed by atoms with Crippen molar-refractivity contribution in [3.8, 4) is 0 Å². The molecule has 0 radical (unpaired) electrons. The third-order valence-electron chi connectivity index (χ3n) is 14.5. The van der Waals surface area contributed by atoms with E-state index in [1.54, 1.807) is 31.6 Å². The molecule has 0 heterocycles. The van der Waals surface area contributed by atoms with Gasteiger partial charge in [-0.25, -0.2) is 4.44 Å². The second-order valence-corrected chi connectivity index (χ2v) is 32.8. The molecular formula is C56H87NP2Si2. The number of benzene rings is 4. The summed E-state index contributed by atoms with van der Waals surface area (Å²) in [5.74, 6) is 0. The van der Waals surface area contributed by atoms with Gasteiger partial charge in [0.25, 0.3) is 0 Å². The van der Waals surface area contributed by atoms with Gasteiger partial charge in [-0.15, -0.1) is 0 Å². The van der Waals surface area contributed by atoms with Gasteiger partial charge < -0.3 is 0 Å². The molecule has 0 spiro atoms. The Balaban J connectivity index is 1.87. The summed E-state index contributed by atoms with van der Waals surface area (Å²) >= 11 is 0. The first kappa shape index (κ1) is 50.1. The fourth-order valence-electron chi connectivity index (χ4n) is 10.7. The highest BCUT2D eigenvalue weighted by Crippen LogP contribution is 2.58. The lowest BCUT2D eigenvalue weighted by molar-refractivity contribution is 0.355. The topological polar surface area (TPSA) is 3.24 Å². The zero-order valence-electron chi connectivity index (χ0n) is 40.4. The maximum Gasteiger partial charge on any atom is 0.0867 e. The van der Waals surface area contributed by atoms with Gasteiger partial charge in [0.2, 0.25) is 0 Å². The van der Waals surface area contributed by atoms with Crippen LogP contribution in [0.5, 0.6) is 0 Å². The lowest BCUT2D eigenvalue weighted by Gasteiger charge is -2.46. The molecule has 4 aromatic carbocycles. The van der Waals surface area contributed by atoms with Crippen LogP contribution in [0.1, 0.15) is 162 Å². The first-order valence-electron chi connectivity index (χ1n) is 25.5. The fourth-order valence-corrected chi connectivity index (χ4v) is 28.9. The van der Waals surface area contributed by atoms with Crippen LogP contribution in [0.3, 0.4) is 0 Å². The largest absolute Gasteiger partial charge is 0.242 e. The van der Waals surface area contributed by atoms with Gasteiger partial charge in [0, 0.05) is 22.2 Å². The summed E-state index contributed by atoms with van der Waals surface area (Å²) in [5.41, 5.74) is 2.90. The SMILES string of the molecule is CCCC[Si](CCCC)(CCCC)c1cccc(P(c2cccc([Si](CCCC)(CCCC)CCCC)c2)N(C2CCCCC2)P(c2ccccc2C)c2ccccc2C)c1. The molecule has 61 heavy (non-hydrogen) atoms. The number of hydrogen-bond donors (Lipinski definition) is 0. The molecule has 0 unspecified atom stereocenters. The molecule has 0 atom stereocenters. The quantitative estimate of drug-likeness (QED) is 0.0426. The molecular weight excluding hydrogens is 805 g/mol. The minimum absolute atomic E-state index is 0.557. The number of rotatable bonds is 27. The molecule has 1 saturated carbocycles. The van der Waals surface area contributed by atoms with Crippen LogP contribution in [0.4, 0.5) is 0 Å². The normalized spacial score (nSPS) is 14.1. The summed E-state index contributed by atoms with van der Waals surface area (Å²) in [6, 6.07) is 49.6. The highest BCUT2D eigenvalue weighted by Gasteiger charge is 2.41. The summed E-state index contributed by atoms with van der Waals surface area (Å²) in [4.78, 5) is 0. The Morgan fingerprint density at radius 3 is 1.15 bits per heavy atom. The van der Waals surface area contributed by atoms with Crippen molar-refractivity contribution in [1.82, 2.24) is 4.44 Å². The Morgan fingerprint density at radius 1 is 0.443 bits per heavy atom. The first-order chi connectivity index (χ1) is 29.8. The van der Waals surface area contributed by atoms with Crippen LogP contribution >= 0.6 is 16.1 Å². The van der Waals surface area contributed by atoms with Gasteiger partial charge in [-0.1, -0.05) is 282 Å². The predicted octanol–water partition coefficient (Wildman–Crippen LogP) is 15.4. The maximum atomic E-state index is 3.26. The minimum atomic E-state index is -1.74. The average molecular weight is 892 g/mol. The molecule has 0 bridgehead atoms. The van der Waals surface area contributed by atoms with Crippen LogP contribution in [0.25, 0.3) is 0 Å². The van der Waals surface area contributed by atoms with Crippen molar-refractivity contribution in [1.29, 1.82) is 0 Å². The molecule has 0 saturated heterocycles. The van der Waals surface area contributed by atoms with E-state index in [1.165, 1.54) is 157 Å². The van der Waals surface area contributed by atoms with Crippen molar-refractivity contribution in [2.75, 3.05) is 0 Å². The molecule has 0 N–H and O–H groups in total. The van der Waals surface area contributed by atoms with Crippen molar-refractivity contribution in [3.63, 3.8) is 0 Å². The van der Waals surface area contributed by atoms with Crippen LogP contribution in [-0.2, 0) is 0 Å². The van der Waals surface area contributed by atoms with Crippen LogP contribution in [0, 0.1) is 13.8 Å². The zero-order chi connectivity index (χ0) is 43.5.